The van der Waals surface area contributed by atoms with Crippen LogP contribution >= 0.6 is 0 Å². The molecule has 0 radical (unpaired) electrons. The highest BCUT2D eigenvalue weighted by atomic mass is 19.4. The number of anilines is 3. The number of rotatable bonds is 7. The molecule has 2 aromatic carbocycles. The van der Waals surface area contributed by atoms with E-state index < -0.39 is 42.6 Å². The number of ether oxygens (including phenoxy) is 1. The maximum Gasteiger partial charge on any atom is 0.416 e. The van der Waals surface area contributed by atoms with Crippen molar-refractivity contribution in [3.8, 4) is 5.75 Å². The molecule has 222 valence electrons. The Kier molecular flexibility index (Phi) is 7.93. The summed E-state index contributed by atoms with van der Waals surface area (Å²) in [5.74, 6) is -3.49. The van der Waals surface area contributed by atoms with Gasteiger partial charge in [-0.3, -0.25) is 4.79 Å². The molecule has 1 saturated heterocycles. The van der Waals surface area contributed by atoms with E-state index in [-0.39, 0.29) is 34.6 Å². The predicted octanol–water partition coefficient (Wildman–Crippen LogP) is 6.97. The summed E-state index contributed by atoms with van der Waals surface area (Å²) < 4.78 is 87.4. The van der Waals surface area contributed by atoms with Gasteiger partial charge in [-0.25, -0.2) is 18.0 Å². The maximum atomic E-state index is 14.9. The lowest BCUT2D eigenvalue weighted by molar-refractivity contribution is -0.137. The van der Waals surface area contributed by atoms with E-state index in [1.165, 1.54) is 12.1 Å². The van der Waals surface area contributed by atoms with Crippen molar-refractivity contribution in [2.45, 2.75) is 37.8 Å². The second-order valence-corrected chi connectivity index (χ2v) is 10.3. The Balaban J connectivity index is 1.25. The highest BCUT2D eigenvalue weighted by Gasteiger charge is 2.44. The van der Waals surface area contributed by atoms with Crippen LogP contribution in [0.3, 0.4) is 0 Å². The molecule has 1 saturated carbocycles. The average molecular weight is 593 g/mol. The first-order chi connectivity index (χ1) is 19.8. The lowest BCUT2D eigenvalue weighted by Gasteiger charge is -2.40. The summed E-state index contributed by atoms with van der Waals surface area (Å²) in [7, 11) is 0. The standard InChI is InChI=1S/C29H26F6N4O3/c30-24-14-23(42-22-5-3-1-2-4-19(13-22)36-26(40)17-6-7-17)8-9-25(24)38-27(41)37-20-10-18(29(33,34)35)11-21(12-20)39-15-28(31,32)16-39/h1,3,5,8-14,17H,2,4,6-7,15-16H2,(H,36,40)(H2,37,38,41). The summed E-state index contributed by atoms with van der Waals surface area (Å²) in [6.07, 6.45) is 5.21. The highest BCUT2D eigenvalue weighted by Crippen LogP contribution is 2.38. The van der Waals surface area contributed by atoms with E-state index in [1.54, 1.807) is 18.2 Å². The van der Waals surface area contributed by atoms with E-state index in [9.17, 15) is 35.9 Å². The zero-order valence-corrected chi connectivity index (χ0v) is 22.0. The highest BCUT2D eigenvalue weighted by molar-refractivity contribution is 6.00. The van der Waals surface area contributed by atoms with Crippen LogP contribution in [0.4, 0.5) is 48.2 Å². The Morgan fingerprint density at radius 2 is 1.76 bits per heavy atom. The van der Waals surface area contributed by atoms with Crippen LogP contribution in [-0.2, 0) is 11.0 Å². The number of nitrogens with one attached hydrogen (secondary N) is 3. The van der Waals surface area contributed by atoms with E-state index in [1.807, 2.05) is 6.08 Å². The molecule has 0 spiro atoms. The number of carbonyl (C=O) groups is 2. The molecule has 7 nitrogen and oxygen atoms in total. The van der Waals surface area contributed by atoms with Gasteiger partial charge in [0.05, 0.1) is 24.3 Å². The number of nitrogens with zero attached hydrogens (tertiary/aromatic N) is 1. The zero-order valence-electron chi connectivity index (χ0n) is 22.0. The number of hydrogen-bond donors (Lipinski definition) is 3. The monoisotopic (exact) mass is 592 g/mol. The molecule has 0 bridgehead atoms. The van der Waals surface area contributed by atoms with E-state index in [2.05, 4.69) is 16.0 Å². The molecular weight excluding hydrogens is 566 g/mol. The third-order valence-corrected chi connectivity index (χ3v) is 6.66. The van der Waals surface area contributed by atoms with Crippen molar-refractivity contribution < 1.29 is 40.7 Å². The van der Waals surface area contributed by atoms with Gasteiger partial charge in [-0.2, -0.15) is 13.2 Å². The first-order valence-electron chi connectivity index (χ1n) is 13.1. The lowest BCUT2D eigenvalue weighted by Crippen LogP contribution is -2.56. The van der Waals surface area contributed by atoms with Gasteiger partial charge in [-0.15, -0.1) is 0 Å². The molecule has 2 aliphatic carbocycles. The molecule has 3 aliphatic rings. The normalized spacial score (nSPS) is 18.1. The average Bonchev–Trinajstić information content (AvgIpc) is 3.72. The quantitative estimate of drug-likeness (QED) is 0.304. The van der Waals surface area contributed by atoms with Gasteiger partial charge in [0.1, 0.15) is 17.3 Å². The third-order valence-electron chi connectivity index (χ3n) is 6.66. The topological polar surface area (TPSA) is 82.7 Å². The summed E-state index contributed by atoms with van der Waals surface area (Å²) in [6.45, 7) is -1.50. The minimum atomic E-state index is -4.79. The number of alkyl halides is 5. The van der Waals surface area contributed by atoms with Gasteiger partial charge in [0.2, 0.25) is 5.91 Å². The van der Waals surface area contributed by atoms with Crippen LogP contribution in [0.2, 0.25) is 0 Å². The molecule has 0 atom stereocenters. The molecule has 42 heavy (non-hydrogen) atoms. The first-order valence-corrected chi connectivity index (χ1v) is 13.1. The fraction of sp³-hybridized carbons (Fsp3) is 0.310. The molecule has 5 rings (SSSR count). The van der Waals surface area contributed by atoms with Crippen LogP contribution < -0.4 is 25.6 Å². The molecule has 0 unspecified atom stereocenters. The second kappa shape index (κ2) is 11.5. The van der Waals surface area contributed by atoms with Crippen LogP contribution in [0.1, 0.15) is 31.2 Å². The Bertz CT molecular complexity index is 1470. The summed E-state index contributed by atoms with van der Waals surface area (Å²) >= 11 is 0. The van der Waals surface area contributed by atoms with Gasteiger partial charge < -0.3 is 25.6 Å². The van der Waals surface area contributed by atoms with Crippen molar-refractivity contribution in [1.82, 2.24) is 5.32 Å². The number of carbonyl (C=O) groups excluding carboxylic acids is 2. The van der Waals surface area contributed by atoms with Crippen molar-refractivity contribution in [1.29, 1.82) is 0 Å². The fourth-order valence-corrected chi connectivity index (χ4v) is 4.36. The zero-order chi connectivity index (χ0) is 30.1. The lowest BCUT2D eigenvalue weighted by atomic mass is 10.1. The fourth-order valence-electron chi connectivity index (χ4n) is 4.36. The number of benzene rings is 2. The van der Waals surface area contributed by atoms with Crippen LogP contribution in [0, 0.1) is 11.7 Å². The van der Waals surface area contributed by atoms with Gasteiger partial charge >= 0.3 is 12.2 Å². The Labute approximate surface area is 236 Å². The van der Waals surface area contributed by atoms with E-state index >= 15 is 0 Å². The largest absolute Gasteiger partial charge is 0.457 e. The van der Waals surface area contributed by atoms with Gasteiger partial charge in [0, 0.05) is 35.1 Å². The van der Waals surface area contributed by atoms with E-state index in [0.29, 0.717) is 30.4 Å². The summed E-state index contributed by atoms with van der Waals surface area (Å²) in [5.41, 5.74) is -1.21. The molecule has 1 aliphatic heterocycles. The number of hydrogen-bond acceptors (Lipinski definition) is 4. The van der Waals surface area contributed by atoms with Crippen molar-refractivity contribution >= 4 is 29.0 Å². The number of halogens is 6. The Morgan fingerprint density at radius 1 is 1.00 bits per heavy atom. The van der Waals surface area contributed by atoms with E-state index in [4.69, 9.17) is 4.74 Å². The minimum Gasteiger partial charge on any atom is -0.457 e. The first kappa shape index (κ1) is 29.1. The summed E-state index contributed by atoms with van der Waals surface area (Å²) in [4.78, 5) is 25.7. The van der Waals surface area contributed by atoms with Crippen LogP contribution in [0.25, 0.3) is 0 Å². The SMILES string of the molecule is O=C(Nc1cc(N2CC(F)(F)C2)cc(C(F)(F)F)c1)Nc1ccc(OC2=CC=CCCC(NC(=O)C3CC3)=C2)cc1F. The predicted molar refractivity (Wildman–Crippen MR) is 144 cm³/mol. The van der Waals surface area contributed by atoms with Gasteiger partial charge in [-0.05, 0) is 62.1 Å². The molecular formula is C29H26F6N4O3. The summed E-state index contributed by atoms with van der Waals surface area (Å²) in [6, 6.07) is 5.06. The number of allylic oxidation sites excluding steroid dienone is 5. The van der Waals surface area contributed by atoms with Gasteiger partial charge in [0.25, 0.3) is 5.92 Å². The van der Waals surface area contributed by atoms with Crippen molar-refractivity contribution in [2.24, 2.45) is 5.92 Å². The molecule has 2 aromatic rings. The molecule has 0 aromatic heterocycles. The molecule has 13 heteroatoms. The molecule has 3 N–H and O–H groups in total. The summed E-state index contributed by atoms with van der Waals surface area (Å²) in [5, 5.41) is 7.32. The molecule has 1 heterocycles. The van der Waals surface area contributed by atoms with Crippen molar-refractivity contribution in [3.63, 3.8) is 0 Å². The van der Waals surface area contributed by atoms with Crippen LogP contribution in [0.5, 0.6) is 5.75 Å². The van der Waals surface area contributed by atoms with Crippen molar-refractivity contribution in [3.05, 3.63) is 83.5 Å². The molecule has 3 amide bonds. The molecule has 2 fully saturated rings. The Morgan fingerprint density at radius 3 is 2.43 bits per heavy atom. The van der Waals surface area contributed by atoms with E-state index in [0.717, 1.165) is 35.9 Å². The Hall–Kier alpha value is -4.42. The van der Waals surface area contributed by atoms with Gasteiger partial charge in [0.15, 0.2) is 0 Å². The minimum absolute atomic E-state index is 0.0238. The number of urea groups is 1. The van der Waals surface area contributed by atoms with Crippen molar-refractivity contribution in [2.75, 3.05) is 28.6 Å². The second-order valence-electron chi connectivity index (χ2n) is 10.3. The van der Waals surface area contributed by atoms with Crippen LogP contribution in [-0.4, -0.2) is 31.0 Å². The smallest absolute Gasteiger partial charge is 0.416 e. The van der Waals surface area contributed by atoms with Gasteiger partial charge in [-0.1, -0.05) is 12.2 Å². The van der Waals surface area contributed by atoms with Crippen LogP contribution in [0.15, 0.2) is 72.2 Å². The third kappa shape index (κ3) is 7.45. The number of amides is 3. The maximum absolute atomic E-state index is 14.9.